The van der Waals surface area contributed by atoms with Crippen molar-refractivity contribution in [1.82, 2.24) is 15.7 Å². The van der Waals surface area contributed by atoms with Gasteiger partial charge in [0.1, 0.15) is 0 Å². The first-order chi connectivity index (χ1) is 8.26. The van der Waals surface area contributed by atoms with E-state index in [0.29, 0.717) is 5.56 Å². The molecule has 2 rings (SSSR count). The van der Waals surface area contributed by atoms with Crippen LogP contribution < -0.4 is 22.4 Å². The molecule has 0 saturated carbocycles. The Morgan fingerprint density at radius 2 is 2.12 bits per heavy atom. The maximum Gasteiger partial charge on any atom is 0.260 e. The quantitative estimate of drug-likeness (QED) is 0.198. The van der Waals surface area contributed by atoms with Crippen LogP contribution in [0.2, 0.25) is 0 Å². The molecular weight excluding hydrogens is 220 g/mol. The lowest BCUT2D eigenvalue weighted by molar-refractivity contribution is 0.0977. The van der Waals surface area contributed by atoms with E-state index in [2.05, 4.69) is 20.8 Å². The maximum absolute atomic E-state index is 11.9. The van der Waals surface area contributed by atoms with Gasteiger partial charge in [0, 0.05) is 17.1 Å². The van der Waals surface area contributed by atoms with Gasteiger partial charge < -0.3 is 10.8 Å². The molecule has 1 aromatic carbocycles. The van der Waals surface area contributed by atoms with Gasteiger partial charge in [0.15, 0.2) is 0 Å². The summed E-state index contributed by atoms with van der Waals surface area (Å²) in [7, 11) is 0. The molecule has 0 spiro atoms. The number of hydrogen-bond acceptors (Lipinski definition) is 4. The highest BCUT2D eigenvalue weighted by Gasteiger charge is 2.12. The summed E-state index contributed by atoms with van der Waals surface area (Å²) in [5.74, 6) is 9.79. The average molecular weight is 232 g/mol. The number of nitrogens with one attached hydrogen (secondary N) is 3. The Morgan fingerprint density at radius 1 is 1.35 bits per heavy atom. The third-order valence-electron chi connectivity index (χ3n) is 2.33. The van der Waals surface area contributed by atoms with Gasteiger partial charge in [0.2, 0.25) is 5.96 Å². The summed E-state index contributed by atoms with van der Waals surface area (Å²) in [6.07, 6.45) is 1.62. The number of aromatic amines is 1. The van der Waals surface area contributed by atoms with Gasteiger partial charge in [-0.05, 0) is 6.07 Å². The zero-order valence-electron chi connectivity index (χ0n) is 8.90. The summed E-state index contributed by atoms with van der Waals surface area (Å²) in [5, 5.41) is 6.53. The largest absolute Gasteiger partial charge is 0.360 e. The number of aromatic nitrogens is 1. The minimum absolute atomic E-state index is 0.000260. The molecule has 1 heterocycles. The summed E-state index contributed by atoms with van der Waals surface area (Å²) in [4.78, 5) is 14.9. The minimum atomic E-state index is -0.343. The molecule has 0 unspecified atom stereocenters. The van der Waals surface area contributed by atoms with E-state index < -0.39 is 0 Å². The second-order valence-corrected chi connectivity index (χ2v) is 3.32. The molecule has 0 aliphatic carbocycles. The number of rotatable bonds is 1. The van der Waals surface area contributed by atoms with E-state index in [1.165, 1.54) is 0 Å². The number of hydrogen-bond donors (Lipinski definition) is 5. The third kappa shape index (κ3) is 2.04. The molecule has 1 amide bonds. The molecular formula is C10H12N6O. The summed E-state index contributed by atoms with van der Waals surface area (Å²) in [5.41, 5.74) is 3.55. The topological polar surface area (TPSA) is 121 Å². The number of fused-ring (bicyclic) bond motifs is 1. The summed E-state index contributed by atoms with van der Waals surface area (Å²) in [6, 6.07) is 7.46. The molecule has 0 atom stereocenters. The van der Waals surface area contributed by atoms with Crippen LogP contribution in [-0.4, -0.2) is 16.9 Å². The molecule has 0 aliphatic heterocycles. The Hall–Kier alpha value is -2.54. The summed E-state index contributed by atoms with van der Waals surface area (Å²) in [6.45, 7) is 0. The molecule has 0 bridgehead atoms. The second kappa shape index (κ2) is 4.54. The molecule has 7 nitrogen and oxygen atoms in total. The zero-order valence-corrected chi connectivity index (χ0v) is 8.90. The lowest BCUT2D eigenvalue weighted by Gasteiger charge is -2.05. The normalized spacial score (nSPS) is 11.5. The number of carbonyl (C=O) groups is 1. The number of guanidine groups is 1. The number of hydrazine groups is 1. The predicted molar refractivity (Wildman–Crippen MR) is 64.7 cm³/mol. The molecule has 0 saturated heterocycles. The van der Waals surface area contributed by atoms with Gasteiger partial charge in [-0.2, -0.15) is 0 Å². The van der Waals surface area contributed by atoms with Crippen LogP contribution in [0.25, 0.3) is 10.9 Å². The first kappa shape index (κ1) is 11.0. The van der Waals surface area contributed by atoms with Crippen molar-refractivity contribution in [3.63, 3.8) is 0 Å². The lowest BCUT2D eigenvalue weighted by atomic mass is 10.1. The van der Waals surface area contributed by atoms with Crippen molar-refractivity contribution >= 4 is 22.8 Å². The first-order valence-corrected chi connectivity index (χ1v) is 4.88. The van der Waals surface area contributed by atoms with Gasteiger partial charge in [0.05, 0.1) is 5.56 Å². The van der Waals surface area contributed by atoms with Crippen LogP contribution >= 0.6 is 0 Å². The van der Waals surface area contributed by atoms with Gasteiger partial charge in [-0.1, -0.05) is 18.2 Å². The molecule has 7 N–H and O–H groups in total. The van der Waals surface area contributed by atoms with Crippen LogP contribution in [0.3, 0.4) is 0 Å². The highest BCUT2D eigenvalue weighted by molar-refractivity contribution is 6.12. The van der Waals surface area contributed by atoms with E-state index in [1.54, 1.807) is 6.20 Å². The number of hydrazone groups is 1. The van der Waals surface area contributed by atoms with Gasteiger partial charge in [-0.15, -0.1) is 5.10 Å². The maximum atomic E-state index is 11.9. The smallest absolute Gasteiger partial charge is 0.260 e. The van der Waals surface area contributed by atoms with Crippen molar-refractivity contribution in [3.8, 4) is 0 Å². The van der Waals surface area contributed by atoms with Crippen LogP contribution in [-0.2, 0) is 0 Å². The zero-order chi connectivity index (χ0) is 12.3. The molecule has 0 radical (unpaired) electrons. The fourth-order valence-corrected chi connectivity index (χ4v) is 1.54. The van der Waals surface area contributed by atoms with E-state index in [-0.39, 0.29) is 11.9 Å². The second-order valence-electron chi connectivity index (χ2n) is 3.32. The Morgan fingerprint density at radius 3 is 2.82 bits per heavy atom. The molecule has 1 aromatic heterocycles. The van der Waals surface area contributed by atoms with Crippen molar-refractivity contribution in [2.75, 3.05) is 0 Å². The standard InChI is InChI=1S/C10H12N6O/c11-15-10(16-12)14-9(17)7-5-13-8-4-2-1-3-6(7)8/h1-5,13H,11-12H2,(H2,14,15,16,17). The fraction of sp³-hybridized carbons (Fsp3) is 0. The van der Waals surface area contributed by atoms with Crippen LogP contribution in [0.5, 0.6) is 0 Å². The Labute approximate surface area is 96.8 Å². The first-order valence-electron chi connectivity index (χ1n) is 4.88. The fourth-order valence-electron chi connectivity index (χ4n) is 1.54. The number of para-hydroxylation sites is 1. The van der Waals surface area contributed by atoms with Crippen LogP contribution in [0.15, 0.2) is 35.6 Å². The monoisotopic (exact) mass is 232 g/mol. The molecule has 88 valence electrons. The van der Waals surface area contributed by atoms with Crippen molar-refractivity contribution in [2.45, 2.75) is 0 Å². The number of amides is 1. The van der Waals surface area contributed by atoms with Crippen LogP contribution in [0.4, 0.5) is 0 Å². The SMILES string of the molecule is N/N=C(\NN)NC(=O)c1c[nH]c2ccccc12. The molecule has 0 fully saturated rings. The van der Waals surface area contributed by atoms with Gasteiger partial charge >= 0.3 is 0 Å². The number of H-pyrrole nitrogens is 1. The molecule has 17 heavy (non-hydrogen) atoms. The van der Waals surface area contributed by atoms with E-state index in [9.17, 15) is 4.79 Å². The highest BCUT2D eigenvalue weighted by atomic mass is 16.1. The number of carbonyl (C=O) groups excluding carboxylic acids is 1. The van der Waals surface area contributed by atoms with Crippen LogP contribution in [0.1, 0.15) is 10.4 Å². The van der Waals surface area contributed by atoms with Crippen molar-refractivity contribution in [2.24, 2.45) is 16.8 Å². The van der Waals surface area contributed by atoms with Crippen LogP contribution in [0, 0.1) is 0 Å². The average Bonchev–Trinajstić information content (AvgIpc) is 2.79. The number of nitrogens with zero attached hydrogens (tertiary/aromatic N) is 1. The summed E-state index contributed by atoms with van der Waals surface area (Å²) >= 11 is 0. The molecule has 0 aliphatic rings. The third-order valence-corrected chi connectivity index (χ3v) is 2.33. The van der Waals surface area contributed by atoms with Crippen molar-refractivity contribution in [3.05, 3.63) is 36.0 Å². The predicted octanol–water partition coefficient (Wildman–Crippen LogP) is -0.409. The molecule has 7 heteroatoms. The van der Waals surface area contributed by atoms with Gasteiger partial charge in [0.25, 0.3) is 5.91 Å². The lowest BCUT2D eigenvalue weighted by Crippen LogP contribution is -2.45. The minimum Gasteiger partial charge on any atom is -0.360 e. The van der Waals surface area contributed by atoms with Gasteiger partial charge in [-0.25, -0.2) is 5.84 Å². The Kier molecular flexibility index (Phi) is 2.93. The molecule has 2 aromatic rings. The van der Waals surface area contributed by atoms with Crippen molar-refractivity contribution < 1.29 is 4.79 Å². The Balaban J connectivity index is 2.31. The summed E-state index contributed by atoms with van der Waals surface area (Å²) < 4.78 is 0. The van der Waals surface area contributed by atoms with E-state index in [4.69, 9.17) is 11.7 Å². The number of nitrogens with two attached hydrogens (primary N) is 2. The number of benzene rings is 1. The van der Waals surface area contributed by atoms with Crippen molar-refractivity contribution in [1.29, 1.82) is 0 Å². The van der Waals surface area contributed by atoms with E-state index >= 15 is 0 Å². The van der Waals surface area contributed by atoms with E-state index in [0.717, 1.165) is 10.9 Å². The van der Waals surface area contributed by atoms with Gasteiger partial charge in [-0.3, -0.25) is 15.5 Å². The van der Waals surface area contributed by atoms with E-state index in [1.807, 2.05) is 24.3 Å². The Bertz CT molecular complexity index is 573. The highest BCUT2D eigenvalue weighted by Crippen LogP contribution is 2.17.